The Kier molecular flexibility index (Phi) is 3.82. The molecule has 0 bridgehead atoms. The molecule has 1 nitrogen and oxygen atoms in total. The highest BCUT2D eigenvalue weighted by molar-refractivity contribution is 7.19. The molecule has 0 spiro atoms. The zero-order valence-electron chi connectivity index (χ0n) is 9.63. The van der Waals surface area contributed by atoms with E-state index in [1.165, 1.54) is 17.4 Å². The fourth-order valence-corrected chi connectivity index (χ4v) is 2.82. The second kappa shape index (κ2) is 5.17. The average Bonchev–Trinajstić information content (AvgIpc) is 2.75. The highest BCUT2D eigenvalue weighted by atomic mass is 35.5. The van der Waals surface area contributed by atoms with E-state index in [-0.39, 0.29) is 11.9 Å². The van der Waals surface area contributed by atoms with Crippen LogP contribution in [0.25, 0.3) is 10.4 Å². The van der Waals surface area contributed by atoms with Crippen molar-refractivity contribution in [3.05, 3.63) is 46.0 Å². The summed E-state index contributed by atoms with van der Waals surface area (Å²) in [4.78, 5) is 0.992. The van der Waals surface area contributed by atoms with Gasteiger partial charge in [-0.1, -0.05) is 17.7 Å². The summed E-state index contributed by atoms with van der Waals surface area (Å²) < 4.78 is 14.1. The molecular weight excluding hydrogens is 257 g/mol. The summed E-state index contributed by atoms with van der Waals surface area (Å²) in [5.41, 5.74) is 1.98. The lowest BCUT2D eigenvalue weighted by Crippen LogP contribution is -2.13. The van der Waals surface area contributed by atoms with Crippen LogP contribution in [0.15, 0.2) is 30.3 Å². The van der Waals surface area contributed by atoms with Crippen LogP contribution < -0.4 is 5.32 Å². The molecule has 1 aromatic heterocycles. The first-order valence-electron chi connectivity index (χ1n) is 5.34. The molecule has 0 aliphatic carbocycles. The van der Waals surface area contributed by atoms with E-state index in [9.17, 15) is 4.39 Å². The molecule has 1 atom stereocenters. The van der Waals surface area contributed by atoms with E-state index >= 15 is 0 Å². The Morgan fingerprint density at radius 1 is 1.29 bits per heavy atom. The molecule has 0 fully saturated rings. The van der Waals surface area contributed by atoms with Crippen molar-refractivity contribution < 1.29 is 4.39 Å². The standard InChI is InChI=1S/C13H13ClFNS/c1-8(16-2)10-4-3-9(15)7-11(10)12-5-6-13(14)17-12/h3-8,16H,1-2H3. The number of halogens is 2. The average molecular weight is 270 g/mol. The van der Waals surface area contributed by atoms with E-state index < -0.39 is 0 Å². The molecule has 0 aliphatic heterocycles. The van der Waals surface area contributed by atoms with E-state index in [1.54, 1.807) is 6.07 Å². The van der Waals surface area contributed by atoms with Crippen molar-refractivity contribution in [3.8, 4) is 10.4 Å². The number of rotatable bonds is 3. The Morgan fingerprint density at radius 2 is 2.06 bits per heavy atom. The van der Waals surface area contributed by atoms with Gasteiger partial charge in [-0.25, -0.2) is 4.39 Å². The van der Waals surface area contributed by atoms with Gasteiger partial charge in [-0.3, -0.25) is 0 Å². The predicted molar refractivity (Wildman–Crippen MR) is 72.2 cm³/mol. The largest absolute Gasteiger partial charge is 0.313 e. The van der Waals surface area contributed by atoms with Crippen LogP contribution in [-0.4, -0.2) is 7.05 Å². The van der Waals surface area contributed by atoms with E-state index in [4.69, 9.17) is 11.6 Å². The van der Waals surface area contributed by atoms with Gasteiger partial charge in [-0.2, -0.15) is 0 Å². The normalized spacial score (nSPS) is 12.7. The minimum atomic E-state index is -0.225. The summed E-state index contributed by atoms with van der Waals surface area (Å²) in [5, 5.41) is 3.17. The summed E-state index contributed by atoms with van der Waals surface area (Å²) in [6.07, 6.45) is 0. The maximum absolute atomic E-state index is 13.4. The van der Waals surface area contributed by atoms with Gasteiger partial charge in [0.2, 0.25) is 0 Å². The number of hydrogen-bond donors (Lipinski definition) is 1. The second-order valence-electron chi connectivity index (χ2n) is 3.85. The molecule has 0 saturated heterocycles. The highest BCUT2D eigenvalue weighted by Gasteiger charge is 2.13. The Balaban J connectivity index is 2.54. The van der Waals surface area contributed by atoms with Crippen molar-refractivity contribution in [3.63, 3.8) is 0 Å². The molecule has 17 heavy (non-hydrogen) atoms. The summed E-state index contributed by atoms with van der Waals surface area (Å²) in [5.74, 6) is -0.225. The summed E-state index contributed by atoms with van der Waals surface area (Å²) >= 11 is 7.39. The Hall–Kier alpha value is -0.900. The van der Waals surface area contributed by atoms with Crippen molar-refractivity contribution >= 4 is 22.9 Å². The lowest BCUT2D eigenvalue weighted by Gasteiger charge is -2.15. The molecular formula is C13H13ClFNS. The number of thiophene rings is 1. The smallest absolute Gasteiger partial charge is 0.123 e. The van der Waals surface area contributed by atoms with Gasteiger partial charge in [-0.05, 0) is 49.4 Å². The van der Waals surface area contributed by atoms with Gasteiger partial charge >= 0.3 is 0 Å². The van der Waals surface area contributed by atoms with Crippen molar-refractivity contribution in [2.75, 3.05) is 7.05 Å². The van der Waals surface area contributed by atoms with E-state index in [2.05, 4.69) is 5.32 Å². The molecule has 90 valence electrons. The molecule has 0 amide bonds. The van der Waals surface area contributed by atoms with Gasteiger partial charge in [0.15, 0.2) is 0 Å². The van der Waals surface area contributed by atoms with Crippen LogP contribution in [0.4, 0.5) is 4.39 Å². The Morgan fingerprint density at radius 3 is 2.65 bits per heavy atom. The quantitative estimate of drug-likeness (QED) is 0.866. The van der Waals surface area contributed by atoms with Crippen molar-refractivity contribution in [1.29, 1.82) is 0 Å². The SMILES string of the molecule is CNC(C)c1ccc(F)cc1-c1ccc(Cl)s1. The minimum Gasteiger partial charge on any atom is -0.313 e. The van der Waals surface area contributed by atoms with Gasteiger partial charge < -0.3 is 5.32 Å². The van der Waals surface area contributed by atoms with Crippen molar-refractivity contribution in [2.24, 2.45) is 0 Å². The maximum Gasteiger partial charge on any atom is 0.123 e. The third-order valence-corrected chi connectivity index (χ3v) is 4.02. The Bertz CT molecular complexity index is 524. The number of hydrogen-bond acceptors (Lipinski definition) is 2. The van der Waals surface area contributed by atoms with Gasteiger partial charge in [-0.15, -0.1) is 11.3 Å². The van der Waals surface area contributed by atoms with Crippen LogP contribution in [0.3, 0.4) is 0 Å². The first kappa shape index (κ1) is 12.6. The molecule has 1 N–H and O–H groups in total. The number of nitrogens with one attached hydrogen (secondary N) is 1. The van der Waals surface area contributed by atoms with Gasteiger partial charge in [0, 0.05) is 10.9 Å². The van der Waals surface area contributed by atoms with Crippen LogP contribution in [0.1, 0.15) is 18.5 Å². The zero-order chi connectivity index (χ0) is 12.4. The second-order valence-corrected chi connectivity index (χ2v) is 5.56. The summed E-state index contributed by atoms with van der Waals surface area (Å²) in [7, 11) is 1.89. The third kappa shape index (κ3) is 2.68. The molecule has 0 saturated carbocycles. The third-order valence-electron chi connectivity index (χ3n) is 2.75. The molecule has 0 radical (unpaired) electrons. The maximum atomic E-state index is 13.4. The molecule has 1 unspecified atom stereocenters. The fourth-order valence-electron chi connectivity index (χ4n) is 1.73. The zero-order valence-corrected chi connectivity index (χ0v) is 11.2. The topological polar surface area (TPSA) is 12.0 Å². The highest BCUT2D eigenvalue weighted by Crippen LogP contribution is 2.35. The molecule has 4 heteroatoms. The lowest BCUT2D eigenvalue weighted by molar-refractivity contribution is 0.620. The van der Waals surface area contributed by atoms with Crippen molar-refractivity contribution in [2.45, 2.75) is 13.0 Å². The molecule has 0 aliphatic rings. The van der Waals surface area contributed by atoms with Crippen LogP contribution in [0.5, 0.6) is 0 Å². The first-order valence-corrected chi connectivity index (χ1v) is 6.53. The van der Waals surface area contributed by atoms with Gasteiger partial charge in [0.1, 0.15) is 5.82 Å². The van der Waals surface area contributed by atoms with Crippen LogP contribution in [0, 0.1) is 5.82 Å². The fraction of sp³-hybridized carbons (Fsp3) is 0.231. The van der Waals surface area contributed by atoms with Gasteiger partial charge in [0.05, 0.1) is 4.34 Å². The first-order chi connectivity index (χ1) is 8.11. The van der Waals surface area contributed by atoms with E-state index in [0.29, 0.717) is 4.34 Å². The van der Waals surface area contributed by atoms with E-state index in [0.717, 1.165) is 16.0 Å². The minimum absolute atomic E-state index is 0.173. The van der Waals surface area contributed by atoms with Gasteiger partial charge in [0.25, 0.3) is 0 Å². The van der Waals surface area contributed by atoms with Crippen LogP contribution in [0.2, 0.25) is 4.34 Å². The lowest BCUT2D eigenvalue weighted by atomic mass is 10.0. The molecule has 2 aromatic rings. The number of benzene rings is 1. The monoisotopic (exact) mass is 269 g/mol. The Labute approximate surface area is 109 Å². The van der Waals surface area contributed by atoms with Crippen LogP contribution >= 0.6 is 22.9 Å². The summed E-state index contributed by atoms with van der Waals surface area (Å²) in [6, 6.07) is 8.80. The molecule has 1 aromatic carbocycles. The molecule has 2 rings (SSSR count). The summed E-state index contributed by atoms with van der Waals surface area (Å²) in [6.45, 7) is 2.05. The van der Waals surface area contributed by atoms with Crippen LogP contribution in [-0.2, 0) is 0 Å². The predicted octanol–water partition coefficient (Wildman–Crippen LogP) is 4.49. The van der Waals surface area contributed by atoms with Crippen molar-refractivity contribution in [1.82, 2.24) is 5.32 Å². The molecule has 1 heterocycles. The van der Waals surface area contributed by atoms with E-state index in [1.807, 2.05) is 32.2 Å².